The zero-order valence-electron chi connectivity index (χ0n) is 19.8. The quantitative estimate of drug-likeness (QED) is 0.151. The van der Waals surface area contributed by atoms with Crippen LogP contribution in [-0.2, 0) is 32.0 Å². The maximum atomic E-state index is 13.1. The van der Waals surface area contributed by atoms with Crippen LogP contribution in [0.5, 0.6) is 0 Å². The fourth-order valence-corrected chi connectivity index (χ4v) is 3.76. The van der Waals surface area contributed by atoms with Crippen LogP contribution in [0.3, 0.4) is 0 Å². The maximum Gasteiger partial charge on any atom is 0.326 e. The molecule has 0 fully saturated rings. The van der Waals surface area contributed by atoms with Crippen LogP contribution in [0.4, 0.5) is 0 Å². The monoisotopic (exact) mass is 520 g/mol. The van der Waals surface area contributed by atoms with Crippen molar-refractivity contribution in [3.8, 4) is 0 Å². The topological polar surface area (TPSA) is 200 Å². The number of nitrogens with zero attached hydrogens (tertiary/aromatic N) is 1. The number of hydrogen-bond donors (Lipinski definition) is 7. The number of carbonyl (C=O) groups excluding carboxylic acids is 3. The van der Waals surface area contributed by atoms with Crippen molar-refractivity contribution >= 4 is 35.5 Å². The van der Waals surface area contributed by atoms with Gasteiger partial charge in [0.1, 0.15) is 18.1 Å². The van der Waals surface area contributed by atoms with E-state index in [0.29, 0.717) is 23.4 Å². The largest absolute Gasteiger partial charge is 0.480 e. The third-order valence-corrected chi connectivity index (χ3v) is 5.94. The molecular weight excluding hydrogens is 488 g/mol. The molecule has 0 saturated carbocycles. The molecule has 12 nitrogen and oxygen atoms in total. The van der Waals surface area contributed by atoms with Crippen molar-refractivity contribution in [2.75, 3.05) is 18.6 Å². The average molecular weight is 521 g/mol. The molecule has 1 heterocycles. The second-order valence-electron chi connectivity index (χ2n) is 8.06. The Morgan fingerprint density at radius 3 is 2.22 bits per heavy atom. The van der Waals surface area contributed by atoms with E-state index in [1.807, 2.05) is 6.26 Å². The fourth-order valence-electron chi connectivity index (χ4n) is 3.27. The lowest BCUT2D eigenvalue weighted by molar-refractivity contribution is -0.142. The van der Waals surface area contributed by atoms with E-state index in [-0.39, 0.29) is 12.8 Å². The van der Waals surface area contributed by atoms with Gasteiger partial charge in [-0.2, -0.15) is 11.8 Å². The predicted molar refractivity (Wildman–Crippen MR) is 134 cm³/mol. The van der Waals surface area contributed by atoms with E-state index in [9.17, 15) is 29.4 Å². The Morgan fingerprint density at radius 1 is 1.00 bits per heavy atom. The zero-order chi connectivity index (χ0) is 26.5. The number of aromatic amines is 1. The maximum absolute atomic E-state index is 13.1. The highest BCUT2D eigenvalue weighted by molar-refractivity contribution is 7.98. The fraction of sp³-hybridized carbons (Fsp3) is 0.435. The SMILES string of the molecule is CSCCC(N)C(=O)NC(CO)C(=O)NC(Cc1ccccc1)C(=O)NC(Cc1cnc[nH]1)C(=O)O. The van der Waals surface area contributed by atoms with Gasteiger partial charge >= 0.3 is 5.97 Å². The predicted octanol–water partition coefficient (Wildman–Crippen LogP) is -1.19. The normalized spacial score (nSPS) is 14.2. The summed E-state index contributed by atoms with van der Waals surface area (Å²) >= 11 is 1.52. The van der Waals surface area contributed by atoms with Crippen LogP contribution in [0.15, 0.2) is 42.9 Å². The molecule has 8 N–H and O–H groups in total. The Hall–Kier alpha value is -3.42. The minimum Gasteiger partial charge on any atom is -0.480 e. The summed E-state index contributed by atoms with van der Waals surface area (Å²) < 4.78 is 0. The number of hydrogen-bond acceptors (Lipinski definition) is 8. The molecule has 0 spiro atoms. The molecule has 2 aromatic rings. The van der Waals surface area contributed by atoms with Crippen molar-refractivity contribution in [2.45, 2.75) is 43.4 Å². The lowest BCUT2D eigenvalue weighted by Crippen LogP contribution is -2.58. The Bertz CT molecular complexity index is 990. The standard InChI is InChI=1S/C23H32N6O6S/c1-36-8-7-16(24)20(31)29-19(12-30)22(33)27-17(9-14-5-3-2-4-6-14)21(32)28-18(23(34)35)10-15-11-25-13-26-15/h2-6,11,13,16-19,30H,7-10,12,24H2,1H3,(H,25,26)(H,27,33)(H,28,32)(H,29,31)(H,34,35). The molecule has 0 saturated heterocycles. The number of aliphatic hydroxyl groups excluding tert-OH is 1. The van der Waals surface area contributed by atoms with Crippen molar-refractivity contribution in [3.63, 3.8) is 0 Å². The molecule has 0 aliphatic heterocycles. The van der Waals surface area contributed by atoms with Gasteiger partial charge in [-0.3, -0.25) is 14.4 Å². The van der Waals surface area contributed by atoms with Gasteiger partial charge in [0.15, 0.2) is 0 Å². The van der Waals surface area contributed by atoms with Gasteiger partial charge in [-0.25, -0.2) is 9.78 Å². The highest BCUT2D eigenvalue weighted by Crippen LogP contribution is 2.06. The summed E-state index contributed by atoms with van der Waals surface area (Å²) in [5.41, 5.74) is 7.05. The summed E-state index contributed by atoms with van der Waals surface area (Å²) in [6.45, 7) is -0.718. The third kappa shape index (κ3) is 9.32. The van der Waals surface area contributed by atoms with Crippen molar-refractivity contribution in [3.05, 3.63) is 54.1 Å². The van der Waals surface area contributed by atoms with Crippen LogP contribution in [0.25, 0.3) is 0 Å². The summed E-state index contributed by atoms with van der Waals surface area (Å²) in [6, 6.07) is 4.15. The molecule has 0 aliphatic carbocycles. The second-order valence-corrected chi connectivity index (χ2v) is 9.05. The smallest absolute Gasteiger partial charge is 0.326 e. The van der Waals surface area contributed by atoms with Gasteiger partial charge in [-0.05, 0) is 24.0 Å². The van der Waals surface area contributed by atoms with E-state index in [1.54, 1.807) is 30.3 Å². The summed E-state index contributed by atoms with van der Waals surface area (Å²) in [7, 11) is 0. The lowest BCUT2D eigenvalue weighted by Gasteiger charge is -2.24. The van der Waals surface area contributed by atoms with E-state index < -0.39 is 54.5 Å². The number of rotatable bonds is 15. The number of nitrogens with one attached hydrogen (secondary N) is 4. The molecule has 13 heteroatoms. The number of nitrogens with two attached hydrogens (primary N) is 1. The summed E-state index contributed by atoms with van der Waals surface area (Å²) in [5, 5.41) is 26.7. The molecule has 1 aromatic heterocycles. The van der Waals surface area contributed by atoms with E-state index in [0.717, 1.165) is 0 Å². The first-order valence-corrected chi connectivity index (χ1v) is 12.6. The molecule has 1 aromatic carbocycles. The first-order valence-electron chi connectivity index (χ1n) is 11.3. The number of carbonyl (C=O) groups is 4. The van der Waals surface area contributed by atoms with Crippen molar-refractivity contribution in [1.82, 2.24) is 25.9 Å². The Balaban J connectivity index is 2.14. The molecule has 3 amide bonds. The number of aromatic nitrogens is 2. The lowest BCUT2D eigenvalue weighted by atomic mass is 10.0. The minimum absolute atomic E-state index is 0.0453. The van der Waals surface area contributed by atoms with Gasteiger partial charge in [0, 0.05) is 24.7 Å². The Morgan fingerprint density at radius 2 is 1.64 bits per heavy atom. The molecule has 36 heavy (non-hydrogen) atoms. The van der Waals surface area contributed by atoms with Crippen molar-refractivity contribution < 1.29 is 29.4 Å². The minimum atomic E-state index is -1.34. The van der Waals surface area contributed by atoms with Crippen LogP contribution in [0.2, 0.25) is 0 Å². The number of H-pyrrole nitrogens is 1. The van der Waals surface area contributed by atoms with Gasteiger partial charge in [0.2, 0.25) is 17.7 Å². The van der Waals surface area contributed by atoms with Crippen LogP contribution in [0.1, 0.15) is 17.7 Å². The van der Waals surface area contributed by atoms with Crippen molar-refractivity contribution in [2.24, 2.45) is 5.73 Å². The Labute approximate surface area is 212 Å². The molecule has 0 bridgehead atoms. The molecular formula is C23H32N6O6S. The molecule has 4 atom stereocenters. The van der Waals surface area contributed by atoms with Gasteiger partial charge < -0.3 is 36.9 Å². The number of carboxylic acids is 1. The number of benzene rings is 1. The summed E-state index contributed by atoms with van der Waals surface area (Å²) in [5.74, 6) is -2.76. The van der Waals surface area contributed by atoms with Crippen LogP contribution in [-0.4, -0.2) is 86.7 Å². The zero-order valence-corrected chi connectivity index (χ0v) is 20.7. The summed E-state index contributed by atoms with van der Waals surface area (Å²) in [6.07, 6.45) is 5.11. The molecule has 0 aliphatic rings. The molecule has 196 valence electrons. The number of thioether (sulfide) groups is 1. The highest BCUT2D eigenvalue weighted by atomic mass is 32.2. The molecule has 0 radical (unpaired) electrons. The second kappa shape index (κ2) is 14.9. The molecule has 2 rings (SSSR count). The van der Waals surface area contributed by atoms with E-state index in [1.165, 1.54) is 24.3 Å². The Kier molecular flexibility index (Phi) is 11.9. The van der Waals surface area contributed by atoms with Gasteiger partial charge in [0.25, 0.3) is 0 Å². The van der Waals surface area contributed by atoms with Gasteiger partial charge in [0.05, 0.1) is 19.0 Å². The van der Waals surface area contributed by atoms with Gasteiger partial charge in [-0.15, -0.1) is 0 Å². The van der Waals surface area contributed by atoms with Crippen molar-refractivity contribution in [1.29, 1.82) is 0 Å². The third-order valence-electron chi connectivity index (χ3n) is 5.29. The van der Waals surface area contributed by atoms with Crippen LogP contribution >= 0.6 is 11.8 Å². The number of aliphatic hydroxyl groups is 1. The first-order chi connectivity index (χ1) is 17.2. The number of carboxylic acid groups (broad SMARTS) is 1. The van der Waals surface area contributed by atoms with Gasteiger partial charge in [-0.1, -0.05) is 30.3 Å². The molecule has 4 unspecified atom stereocenters. The average Bonchev–Trinajstić information content (AvgIpc) is 3.38. The van der Waals surface area contributed by atoms with E-state index >= 15 is 0 Å². The van der Waals surface area contributed by atoms with E-state index in [4.69, 9.17) is 5.73 Å². The van der Waals surface area contributed by atoms with E-state index in [2.05, 4.69) is 25.9 Å². The number of aliphatic carboxylic acids is 1. The first kappa shape index (κ1) is 28.8. The highest BCUT2D eigenvalue weighted by Gasteiger charge is 2.30. The van der Waals surface area contributed by atoms with Crippen LogP contribution in [0, 0.1) is 0 Å². The van der Waals surface area contributed by atoms with Crippen LogP contribution < -0.4 is 21.7 Å². The number of imidazole rings is 1. The summed E-state index contributed by atoms with van der Waals surface area (Å²) in [4.78, 5) is 56.7. The number of amides is 3.